The largest absolute Gasteiger partial charge is 0.353 e. The molecular formula is C17H23N3O2S2. The zero-order chi connectivity index (χ0) is 17.9. The Bertz CT molecular complexity index is 823. The molecule has 24 heavy (non-hydrogen) atoms. The Balaban J connectivity index is 2.35. The van der Waals surface area contributed by atoms with Crippen LogP contribution in [0.25, 0.3) is 10.2 Å². The van der Waals surface area contributed by atoms with E-state index in [-0.39, 0.29) is 23.3 Å². The van der Waals surface area contributed by atoms with Crippen molar-refractivity contribution in [1.29, 1.82) is 0 Å². The van der Waals surface area contributed by atoms with E-state index in [9.17, 15) is 9.59 Å². The van der Waals surface area contributed by atoms with Gasteiger partial charge in [-0.3, -0.25) is 14.2 Å². The van der Waals surface area contributed by atoms with Gasteiger partial charge in [-0.15, -0.1) is 17.9 Å². The highest BCUT2D eigenvalue weighted by molar-refractivity contribution is 7.99. The molecule has 2 aromatic heterocycles. The average molecular weight is 366 g/mol. The van der Waals surface area contributed by atoms with Gasteiger partial charge in [0.15, 0.2) is 5.16 Å². The molecule has 1 N–H and O–H groups in total. The lowest BCUT2D eigenvalue weighted by atomic mass is 10.2. The van der Waals surface area contributed by atoms with Gasteiger partial charge in [-0.05, 0) is 32.8 Å². The Morgan fingerprint density at radius 1 is 1.50 bits per heavy atom. The predicted octanol–water partition coefficient (Wildman–Crippen LogP) is 3.27. The van der Waals surface area contributed by atoms with Crippen LogP contribution in [0.15, 0.2) is 22.6 Å². The van der Waals surface area contributed by atoms with Crippen molar-refractivity contribution >= 4 is 39.2 Å². The standard InChI is InChI=1S/C17H23N3O2S2/c1-6-8-20-16(22)14-11(4)12(5)24-15(14)19-17(20)23-9-13(21)18-10(3)7-2/h6,10H,1,7-9H2,2-5H3,(H,18,21)/t10-/m0/s1. The molecule has 0 radical (unpaired) electrons. The number of thiophene rings is 1. The summed E-state index contributed by atoms with van der Waals surface area (Å²) >= 11 is 2.81. The molecule has 0 bridgehead atoms. The first-order valence-electron chi connectivity index (χ1n) is 7.92. The Hall–Kier alpha value is -1.60. The molecule has 0 aliphatic carbocycles. The smallest absolute Gasteiger partial charge is 0.263 e. The third-order valence-electron chi connectivity index (χ3n) is 3.92. The summed E-state index contributed by atoms with van der Waals surface area (Å²) in [6, 6.07) is 0.145. The number of rotatable bonds is 7. The summed E-state index contributed by atoms with van der Waals surface area (Å²) in [5, 5.41) is 4.16. The van der Waals surface area contributed by atoms with E-state index >= 15 is 0 Å². The quantitative estimate of drug-likeness (QED) is 0.465. The Kier molecular flexibility index (Phi) is 6.23. The van der Waals surface area contributed by atoms with Crippen molar-refractivity contribution in [2.75, 3.05) is 5.75 Å². The van der Waals surface area contributed by atoms with Crippen molar-refractivity contribution in [1.82, 2.24) is 14.9 Å². The van der Waals surface area contributed by atoms with E-state index in [1.54, 1.807) is 10.6 Å². The minimum absolute atomic E-state index is 0.0487. The van der Waals surface area contributed by atoms with Crippen molar-refractivity contribution in [2.45, 2.75) is 51.9 Å². The third-order valence-corrected chi connectivity index (χ3v) is 6.00. The van der Waals surface area contributed by atoms with E-state index in [1.165, 1.54) is 23.1 Å². The number of hydrogen-bond acceptors (Lipinski definition) is 5. The summed E-state index contributed by atoms with van der Waals surface area (Å²) < 4.78 is 1.59. The summed E-state index contributed by atoms with van der Waals surface area (Å²) in [5.41, 5.74) is 0.919. The molecule has 0 saturated carbocycles. The number of amides is 1. The lowest BCUT2D eigenvalue weighted by Crippen LogP contribution is -2.33. The minimum atomic E-state index is -0.0633. The first-order chi connectivity index (χ1) is 11.4. The molecule has 2 aromatic rings. The number of aromatic nitrogens is 2. The second-order valence-corrected chi connectivity index (χ2v) is 7.87. The molecular weight excluding hydrogens is 342 g/mol. The highest BCUT2D eigenvalue weighted by Crippen LogP contribution is 2.28. The van der Waals surface area contributed by atoms with Gasteiger partial charge in [-0.2, -0.15) is 0 Å². The number of aryl methyl sites for hydroxylation is 2. The van der Waals surface area contributed by atoms with Crippen LogP contribution in [0.4, 0.5) is 0 Å². The number of allylic oxidation sites excluding steroid dienone is 1. The minimum Gasteiger partial charge on any atom is -0.353 e. The summed E-state index contributed by atoms with van der Waals surface area (Å²) in [6.07, 6.45) is 2.56. The average Bonchev–Trinajstić information content (AvgIpc) is 2.83. The van der Waals surface area contributed by atoms with Gasteiger partial charge in [0.1, 0.15) is 4.83 Å². The molecule has 2 heterocycles. The van der Waals surface area contributed by atoms with Crippen LogP contribution < -0.4 is 10.9 Å². The summed E-state index contributed by atoms with van der Waals surface area (Å²) in [5.74, 6) is 0.190. The highest BCUT2D eigenvalue weighted by Gasteiger charge is 2.17. The van der Waals surface area contributed by atoms with Crippen LogP contribution in [-0.2, 0) is 11.3 Å². The first kappa shape index (κ1) is 18.7. The molecule has 0 aliphatic rings. The van der Waals surface area contributed by atoms with Crippen LogP contribution in [0.5, 0.6) is 0 Å². The maximum Gasteiger partial charge on any atom is 0.263 e. The maximum atomic E-state index is 12.8. The zero-order valence-electron chi connectivity index (χ0n) is 14.5. The Morgan fingerprint density at radius 2 is 2.21 bits per heavy atom. The molecule has 0 saturated heterocycles. The molecule has 2 rings (SSSR count). The van der Waals surface area contributed by atoms with E-state index in [0.717, 1.165) is 21.7 Å². The molecule has 130 valence electrons. The molecule has 0 unspecified atom stereocenters. The normalized spacial score (nSPS) is 12.3. The van der Waals surface area contributed by atoms with Crippen molar-refractivity contribution < 1.29 is 4.79 Å². The number of carbonyl (C=O) groups excluding carboxylic acids is 1. The lowest BCUT2D eigenvalue weighted by Gasteiger charge is -2.12. The van der Waals surface area contributed by atoms with Gasteiger partial charge in [0.2, 0.25) is 5.91 Å². The molecule has 1 amide bonds. The number of nitrogens with one attached hydrogen (secondary N) is 1. The van der Waals surface area contributed by atoms with Crippen LogP contribution in [0.2, 0.25) is 0 Å². The van der Waals surface area contributed by atoms with Gasteiger partial charge >= 0.3 is 0 Å². The number of thioether (sulfide) groups is 1. The van der Waals surface area contributed by atoms with Crippen molar-refractivity contribution in [3.05, 3.63) is 33.4 Å². The Labute approximate surface area is 150 Å². The first-order valence-corrected chi connectivity index (χ1v) is 9.72. The van der Waals surface area contributed by atoms with Gasteiger partial charge < -0.3 is 5.32 Å². The van der Waals surface area contributed by atoms with Crippen LogP contribution in [0.3, 0.4) is 0 Å². The number of nitrogens with zero attached hydrogens (tertiary/aromatic N) is 2. The van der Waals surface area contributed by atoms with E-state index in [2.05, 4.69) is 16.9 Å². The third kappa shape index (κ3) is 3.89. The monoisotopic (exact) mass is 365 g/mol. The molecule has 5 nitrogen and oxygen atoms in total. The van der Waals surface area contributed by atoms with Gasteiger partial charge in [0.05, 0.1) is 11.1 Å². The fourth-order valence-corrected chi connectivity index (χ4v) is 4.15. The maximum absolute atomic E-state index is 12.8. The van der Waals surface area contributed by atoms with Crippen LogP contribution >= 0.6 is 23.1 Å². The molecule has 7 heteroatoms. The van der Waals surface area contributed by atoms with Crippen molar-refractivity contribution in [2.24, 2.45) is 0 Å². The van der Waals surface area contributed by atoms with Gasteiger partial charge in [-0.1, -0.05) is 24.8 Å². The zero-order valence-corrected chi connectivity index (χ0v) is 16.1. The van der Waals surface area contributed by atoms with E-state index in [1.807, 2.05) is 27.7 Å². The Morgan fingerprint density at radius 3 is 2.83 bits per heavy atom. The fraction of sp³-hybridized carbons (Fsp3) is 0.471. The number of hydrogen-bond donors (Lipinski definition) is 1. The molecule has 1 atom stereocenters. The van der Waals surface area contributed by atoms with Gasteiger partial charge in [-0.25, -0.2) is 4.98 Å². The summed E-state index contributed by atoms with van der Waals surface area (Å²) in [4.78, 5) is 31.3. The van der Waals surface area contributed by atoms with Crippen molar-refractivity contribution in [3.8, 4) is 0 Å². The predicted molar refractivity (Wildman–Crippen MR) is 102 cm³/mol. The van der Waals surface area contributed by atoms with Crippen LogP contribution in [-0.4, -0.2) is 27.3 Å². The van der Waals surface area contributed by atoms with Crippen LogP contribution in [0.1, 0.15) is 30.7 Å². The summed E-state index contributed by atoms with van der Waals surface area (Å²) in [6.45, 7) is 12.0. The van der Waals surface area contributed by atoms with E-state index < -0.39 is 0 Å². The lowest BCUT2D eigenvalue weighted by molar-refractivity contribution is -0.119. The fourth-order valence-electron chi connectivity index (χ4n) is 2.26. The SMILES string of the molecule is C=CCn1c(SCC(=O)N[C@@H](C)CC)nc2sc(C)c(C)c2c1=O. The van der Waals surface area contributed by atoms with Crippen molar-refractivity contribution in [3.63, 3.8) is 0 Å². The number of fused-ring (bicyclic) bond motifs is 1. The number of carbonyl (C=O) groups is 1. The molecule has 0 spiro atoms. The highest BCUT2D eigenvalue weighted by atomic mass is 32.2. The van der Waals surface area contributed by atoms with E-state index in [0.29, 0.717) is 17.1 Å². The van der Waals surface area contributed by atoms with Crippen LogP contribution in [0, 0.1) is 13.8 Å². The molecule has 0 aliphatic heterocycles. The second-order valence-electron chi connectivity index (χ2n) is 5.73. The second kappa shape index (κ2) is 7.98. The molecule has 0 fully saturated rings. The topological polar surface area (TPSA) is 64.0 Å². The van der Waals surface area contributed by atoms with E-state index in [4.69, 9.17) is 0 Å². The summed E-state index contributed by atoms with van der Waals surface area (Å²) in [7, 11) is 0. The van der Waals surface area contributed by atoms with Gasteiger partial charge in [0, 0.05) is 17.5 Å². The van der Waals surface area contributed by atoms with Gasteiger partial charge in [0.25, 0.3) is 5.56 Å². The molecule has 0 aromatic carbocycles.